The molecule has 3 saturated heterocycles. The van der Waals surface area contributed by atoms with Crippen molar-refractivity contribution in [3.05, 3.63) is 82.0 Å². The summed E-state index contributed by atoms with van der Waals surface area (Å²) < 4.78 is 29.3. The number of carbonyl (C=O) groups is 2. The van der Waals surface area contributed by atoms with Gasteiger partial charge in [0.15, 0.2) is 9.84 Å². The first-order valence-corrected chi connectivity index (χ1v) is 23.3. The van der Waals surface area contributed by atoms with E-state index in [-0.39, 0.29) is 39.1 Å². The van der Waals surface area contributed by atoms with Crippen LogP contribution in [0.5, 0.6) is 0 Å². The van der Waals surface area contributed by atoms with Crippen molar-refractivity contribution >= 4 is 78.1 Å². The first-order valence-electron chi connectivity index (χ1n) is 21.4. The van der Waals surface area contributed by atoms with Gasteiger partial charge in [-0.25, -0.2) is 13.4 Å². The van der Waals surface area contributed by atoms with Crippen molar-refractivity contribution in [3.8, 4) is 0 Å². The van der Waals surface area contributed by atoms with Gasteiger partial charge in [-0.05, 0) is 138 Å². The smallest absolute Gasteiger partial charge is 0.271 e. The van der Waals surface area contributed by atoms with E-state index in [2.05, 4.69) is 46.8 Å². The van der Waals surface area contributed by atoms with E-state index in [1.807, 2.05) is 45.3 Å². The number of carbonyl (C=O) groups excluding carboxylic acids is 2. The lowest BCUT2D eigenvalue weighted by atomic mass is 9.63. The van der Waals surface area contributed by atoms with Crippen molar-refractivity contribution in [2.24, 2.45) is 11.3 Å². The first-order chi connectivity index (χ1) is 29.3. The lowest BCUT2D eigenvalue weighted by molar-refractivity contribution is -0.133. The number of sulfone groups is 1. The monoisotopic (exact) mass is 865 g/mol. The largest absolute Gasteiger partial charge is 0.373 e. The van der Waals surface area contributed by atoms with E-state index in [0.717, 1.165) is 80.4 Å². The summed E-state index contributed by atoms with van der Waals surface area (Å²) in [6, 6.07) is 12.3. The second kappa shape index (κ2) is 16.3. The van der Waals surface area contributed by atoms with Gasteiger partial charge in [0.1, 0.15) is 16.7 Å². The van der Waals surface area contributed by atoms with Gasteiger partial charge in [-0.15, -0.1) is 0 Å². The number of aromatic nitrogens is 4. The van der Waals surface area contributed by atoms with Gasteiger partial charge in [0.2, 0.25) is 17.8 Å². The maximum atomic E-state index is 13.9. The maximum Gasteiger partial charge on any atom is 0.271 e. The lowest BCUT2D eigenvalue weighted by Gasteiger charge is -2.52. The van der Waals surface area contributed by atoms with Crippen LogP contribution in [0.4, 0.5) is 23.0 Å². The van der Waals surface area contributed by atoms with Gasteiger partial charge in [0.05, 0.1) is 10.1 Å². The standard InChI is InChI=1S/C45H52ClN9O5S/c1-27(2)55-41-30(21-35(46)43(55)58)24-48-44(52-41)50-36-5-4-31(20-28(36)3)61(59,60)32-22-45(23-32)13-18-53(19-14-45)26-29-11-16-54(17-12-29)39-8-6-37(34-25-47-15-10-33(34)39)49-38-7-9-40(56)51-42(38)57/h4-6,8,10,15,20-21,24-25,27,29,32,38,49H,7,9,11-14,16-19,22-23,26H2,1-3H3,(H,48,50,52)(H,51,56,57). The Morgan fingerprint density at radius 2 is 1.69 bits per heavy atom. The third-order valence-electron chi connectivity index (χ3n) is 13.5. The third kappa shape index (κ3) is 8.07. The van der Waals surface area contributed by atoms with Crippen LogP contribution in [0.15, 0.2) is 70.7 Å². The Morgan fingerprint density at radius 3 is 2.41 bits per heavy atom. The van der Waals surface area contributed by atoms with E-state index in [4.69, 9.17) is 11.6 Å². The van der Waals surface area contributed by atoms with Crippen LogP contribution in [0.3, 0.4) is 0 Å². The lowest BCUT2D eigenvalue weighted by Crippen LogP contribution is -2.52. The quantitative estimate of drug-likeness (QED) is 0.126. The molecule has 1 unspecified atom stereocenters. The van der Waals surface area contributed by atoms with Gasteiger partial charge in [-0.2, -0.15) is 4.98 Å². The number of imide groups is 1. The predicted molar refractivity (Wildman–Crippen MR) is 238 cm³/mol. The van der Waals surface area contributed by atoms with Crippen LogP contribution in [0.25, 0.3) is 21.8 Å². The molecule has 6 heterocycles. The molecule has 3 aliphatic heterocycles. The molecule has 61 heavy (non-hydrogen) atoms. The molecule has 1 atom stereocenters. The minimum atomic E-state index is -3.50. The van der Waals surface area contributed by atoms with E-state index >= 15 is 0 Å². The fourth-order valence-electron chi connectivity index (χ4n) is 9.95. The fraction of sp³-hybridized carbons (Fsp3) is 0.467. The van der Waals surface area contributed by atoms with Crippen LogP contribution in [0, 0.1) is 18.3 Å². The average Bonchev–Trinajstić information content (AvgIpc) is 3.23. The number of fused-ring (bicyclic) bond motifs is 2. The molecule has 9 rings (SSSR count). The molecule has 0 radical (unpaired) electrons. The Labute approximate surface area is 360 Å². The zero-order valence-corrected chi connectivity index (χ0v) is 36.4. The zero-order chi connectivity index (χ0) is 42.6. The highest BCUT2D eigenvalue weighted by Crippen LogP contribution is 2.53. The topological polar surface area (TPSA) is 172 Å². The molecule has 4 aliphatic rings. The predicted octanol–water partition coefficient (Wildman–Crippen LogP) is 6.78. The van der Waals surface area contributed by atoms with Crippen molar-refractivity contribution in [1.29, 1.82) is 0 Å². The third-order valence-corrected chi connectivity index (χ3v) is 15.9. The SMILES string of the molecule is Cc1cc(S(=O)(=O)C2CC3(CCN(CC4CCN(c5ccc(NC6CCC(=O)NC6=O)c6cnccc56)CC4)CC3)C2)ccc1Nc1ncc2cc(Cl)c(=O)n(C(C)C)c2n1. The molecule has 0 bridgehead atoms. The number of pyridine rings is 2. The molecule has 1 saturated carbocycles. The highest BCUT2D eigenvalue weighted by molar-refractivity contribution is 7.92. The van der Waals surface area contributed by atoms with Crippen LogP contribution in [-0.4, -0.2) is 88.7 Å². The highest BCUT2D eigenvalue weighted by Gasteiger charge is 2.51. The summed E-state index contributed by atoms with van der Waals surface area (Å²) in [7, 11) is -3.50. The summed E-state index contributed by atoms with van der Waals surface area (Å²) in [5.41, 5.74) is 3.72. The number of rotatable bonds is 10. The number of likely N-dealkylation sites (tertiary alicyclic amines) is 1. The summed E-state index contributed by atoms with van der Waals surface area (Å²) in [4.78, 5) is 55.7. The van der Waals surface area contributed by atoms with E-state index in [9.17, 15) is 22.8 Å². The number of aryl methyl sites for hydroxylation is 1. The number of amides is 2. The zero-order valence-electron chi connectivity index (χ0n) is 34.8. The Morgan fingerprint density at radius 1 is 0.934 bits per heavy atom. The molecule has 16 heteroatoms. The Bertz CT molecular complexity index is 2700. The van der Waals surface area contributed by atoms with Crippen molar-refractivity contribution < 1.29 is 18.0 Å². The molecule has 14 nitrogen and oxygen atoms in total. The number of piperidine rings is 3. The molecule has 5 aromatic rings. The Balaban J connectivity index is 0.766. The second-order valence-corrected chi connectivity index (χ2v) is 20.5. The van der Waals surface area contributed by atoms with Crippen molar-refractivity contribution in [3.63, 3.8) is 0 Å². The van der Waals surface area contributed by atoms with Crippen molar-refractivity contribution in [1.82, 2.24) is 29.7 Å². The fourth-order valence-corrected chi connectivity index (χ4v) is 12.3. The molecule has 1 spiro atoms. The summed E-state index contributed by atoms with van der Waals surface area (Å²) in [5, 5.41) is 11.4. The van der Waals surface area contributed by atoms with Gasteiger partial charge >= 0.3 is 0 Å². The molecule has 320 valence electrons. The van der Waals surface area contributed by atoms with E-state index in [0.29, 0.717) is 59.2 Å². The van der Waals surface area contributed by atoms with Crippen LogP contribution in [0.1, 0.15) is 76.8 Å². The summed E-state index contributed by atoms with van der Waals surface area (Å²) in [5.74, 6) is 0.389. The summed E-state index contributed by atoms with van der Waals surface area (Å²) >= 11 is 6.18. The highest BCUT2D eigenvalue weighted by atomic mass is 35.5. The molecular formula is C45H52ClN9O5S. The van der Waals surface area contributed by atoms with E-state index in [1.165, 1.54) is 5.69 Å². The minimum Gasteiger partial charge on any atom is -0.373 e. The first kappa shape index (κ1) is 41.2. The van der Waals surface area contributed by atoms with Crippen LogP contribution in [0.2, 0.25) is 5.02 Å². The van der Waals surface area contributed by atoms with Crippen LogP contribution < -0.4 is 26.4 Å². The van der Waals surface area contributed by atoms with Gasteiger partial charge in [0, 0.05) is 83.9 Å². The average molecular weight is 866 g/mol. The molecular weight excluding hydrogens is 814 g/mol. The molecule has 1 aliphatic carbocycles. The molecule has 2 aromatic carbocycles. The number of benzene rings is 2. The number of halogens is 1. The van der Waals surface area contributed by atoms with Crippen LogP contribution in [-0.2, 0) is 19.4 Å². The van der Waals surface area contributed by atoms with Crippen molar-refractivity contribution in [2.75, 3.05) is 48.3 Å². The molecule has 3 aromatic heterocycles. The number of nitrogens with one attached hydrogen (secondary N) is 3. The number of hydrogen-bond acceptors (Lipinski definition) is 12. The summed E-state index contributed by atoms with van der Waals surface area (Å²) in [6.07, 6.45) is 11.7. The normalized spacial score (nSPS) is 20.3. The number of hydrogen-bond donors (Lipinski definition) is 3. The van der Waals surface area contributed by atoms with Crippen LogP contribution >= 0.6 is 11.6 Å². The van der Waals surface area contributed by atoms with E-state index in [1.54, 1.807) is 35.0 Å². The molecule has 4 fully saturated rings. The molecule has 3 N–H and O–H groups in total. The minimum absolute atomic E-state index is 0.0950. The number of anilines is 4. The Kier molecular flexibility index (Phi) is 11.0. The second-order valence-electron chi connectivity index (χ2n) is 17.8. The Hall–Kier alpha value is -5.12. The van der Waals surface area contributed by atoms with Gasteiger partial charge < -0.3 is 20.4 Å². The van der Waals surface area contributed by atoms with Gasteiger partial charge in [-0.3, -0.25) is 29.3 Å². The number of nitrogens with zero attached hydrogens (tertiary/aromatic N) is 6. The molecule has 2 amide bonds. The summed E-state index contributed by atoms with van der Waals surface area (Å²) in [6.45, 7) is 10.7. The van der Waals surface area contributed by atoms with Crippen molar-refractivity contribution in [2.45, 2.75) is 94.4 Å². The van der Waals surface area contributed by atoms with E-state index < -0.39 is 15.9 Å². The maximum absolute atomic E-state index is 13.9. The van der Waals surface area contributed by atoms with Gasteiger partial charge in [-0.1, -0.05) is 11.6 Å². The van der Waals surface area contributed by atoms with Gasteiger partial charge in [0.25, 0.3) is 5.56 Å².